The van der Waals surface area contributed by atoms with E-state index in [-0.39, 0.29) is 0 Å². The van der Waals surface area contributed by atoms with Gasteiger partial charge in [-0.3, -0.25) is 0 Å². The molecule has 0 bridgehead atoms. The van der Waals surface area contributed by atoms with Gasteiger partial charge >= 0.3 is 0 Å². The summed E-state index contributed by atoms with van der Waals surface area (Å²) in [6.45, 7) is 1.36. The maximum Gasteiger partial charge on any atom is 0.162 e. The second kappa shape index (κ2) is 6.30. The van der Waals surface area contributed by atoms with Crippen molar-refractivity contribution in [2.24, 2.45) is 0 Å². The first-order valence-electron chi connectivity index (χ1n) is 6.53. The van der Waals surface area contributed by atoms with Gasteiger partial charge in [-0.05, 0) is 36.4 Å². The minimum absolute atomic E-state index is 0.469. The number of halogens is 1. The van der Waals surface area contributed by atoms with E-state index in [0.29, 0.717) is 23.8 Å². The van der Waals surface area contributed by atoms with E-state index in [1.807, 2.05) is 24.3 Å². The average molecular weight is 318 g/mol. The maximum absolute atomic E-state index is 8.89. The third-order valence-corrected chi connectivity index (χ3v) is 4.31. The van der Waals surface area contributed by atoms with Crippen LogP contribution in [-0.4, -0.2) is 13.2 Å². The molecule has 0 aliphatic carbocycles. The molecule has 1 aliphatic rings. The summed E-state index contributed by atoms with van der Waals surface area (Å²) in [5.74, 6) is 1.56. The topological polar surface area (TPSA) is 42.2 Å². The Labute approximate surface area is 132 Å². The molecule has 106 valence electrons. The Hall–Kier alpha value is -1.83. The number of hydrogen-bond donors (Lipinski definition) is 0. The lowest BCUT2D eigenvalue weighted by Gasteiger charge is -2.09. The molecule has 2 aromatic carbocycles. The molecule has 2 aromatic rings. The van der Waals surface area contributed by atoms with E-state index < -0.39 is 0 Å². The Morgan fingerprint density at radius 3 is 2.48 bits per heavy atom. The van der Waals surface area contributed by atoms with Crippen LogP contribution < -0.4 is 9.47 Å². The van der Waals surface area contributed by atoms with Crippen molar-refractivity contribution in [3.63, 3.8) is 0 Å². The fraction of sp³-hybridized carbons (Fsp3) is 0.188. The van der Waals surface area contributed by atoms with Gasteiger partial charge in [-0.2, -0.15) is 5.26 Å². The van der Waals surface area contributed by atoms with E-state index >= 15 is 0 Å². The number of hydrogen-bond acceptors (Lipinski definition) is 4. The molecule has 0 unspecified atom stereocenters. The van der Waals surface area contributed by atoms with Crippen LogP contribution in [0.25, 0.3) is 0 Å². The summed E-state index contributed by atoms with van der Waals surface area (Å²) >= 11 is 7.62. The fourth-order valence-electron chi connectivity index (χ4n) is 1.99. The maximum atomic E-state index is 8.89. The Bertz CT molecular complexity index is 712. The number of nitriles is 1. The normalized spacial score (nSPS) is 13.3. The molecule has 0 atom stereocenters. The van der Waals surface area contributed by atoms with Crippen molar-refractivity contribution in [3.05, 3.63) is 47.0 Å². The molecule has 0 spiro atoms. The molecule has 0 amide bonds. The van der Waals surface area contributed by atoms with Crippen LogP contribution >= 0.6 is 23.4 Å². The minimum Gasteiger partial charge on any atom is -0.490 e. The monoisotopic (exact) mass is 317 g/mol. The van der Waals surface area contributed by atoms with E-state index in [4.69, 9.17) is 26.3 Å². The quantitative estimate of drug-likeness (QED) is 0.816. The van der Waals surface area contributed by atoms with Crippen molar-refractivity contribution < 1.29 is 9.47 Å². The summed E-state index contributed by atoms with van der Waals surface area (Å²) in [7, 11) is 0. The molecule has 0 radical (unpaired) electrons. The van der Waals surface area contributed by atoms with Crippen LogP contribution in [0.15, 0.2) is 46.2 Å². The Morgan fingerprint density at radius 1 is 1.00 bits per heavy atom. The predicted octanol–water partition coefficient (Wildman–Crippen LogP) is 4.52. The number of rotatable bonds is 2. The third-order valence-electron chi connectivity index (χ3n) is 3.02. The first kappa shape index (κ1) is 14.1. The van der Waals surface area contributed by atoms with E-state index in [0.717, 1.165) is 27.7 Å². The van der Waals surface area contributed by atoms with Crippen LogP contribution in [-0.2, 0) is 0 Å². The van der Waals surface area contributed by atoms with Crippen molar-refractivity contribution >= 4 is 23.4 Å². The smallest absolute Gasteiger partial charge is 0.162 e. The molecular weight excluding hydrogens is 306 g/mol. The zero-order valence-corrected chi connectivity index (χ0v) is 12.7. The summed E-state index contributed by atoms with van der Waals surface area (Å²) in [5.41, 5.74) is 0.486. The zero-order chi connectivity index (χ0) is 14.7. The third kappa shape index (κ3) is 3.26. The van der Waals surface area contributed by atoms with Gasteiger partial charge in [-0.25, -0.2) is 0 Å². The second-order valence-electron chi connectivity index (χ2n) is 4.51. The number of fused-ring (bicyclic) bond motifs is 1. The van der Waals surface area contributed by atoms with Crippen LogP contribution in [0.3, 0.4) is 0 Å². The van der Waals surface area contributed by atoms with E-state index in [1.54, 1.807) is 23.9 Å². The lowest BCUT2D eigenvalue weighted by atomic mass is 10.2. The highest BCUT2D eigenvalue weighted by Crippen LogP contribution is 2.37. The standard InChI is InChI=1S/C16H12ClNO2S/c17-14-8-12(3-2-11(14)10-18)21-13-4-5-15-16(9-13)20-7-1-6-19-15/h2-5,8-9H,1,6-7H2. The molecule has 0 fully saturated rings. The number of nitrogens with zero attached hydrogens (tertiary/aromatic N) is 1. The molecular formula is C16H12ClNO2S. The van der Waals surface area contributed by atoms with Gasteiger partial charge < -0.3 is 9.47 Å². The SMILES string of the molecule is N#Cc1ccc(Sc2ccc3c(c2)OCCCO3)cc1Cl. The fourth-order valence-corrected chi connectivity index (χ4v) is 3.17. The Kier molecular flexibility index (Phi) is 4.23. The van der Waals surface area contributed by atoms with Gasteiger partial charge in [0.15, 0.2) is 11.5 Å². The highest BCUT2D eigenvalue weighted by atomic mass is 35.5. The van der Waals surface area contributed by atoms with Gasteiger partial charge in [-0.15, -0.1) is 0 Å². The summed E-state index contributed by atoms with van der Waals surface area (Å²) in [4.78, 5) is 2.02. The summed E-state index contributed by atoms with van der Waals surface area (Å²) in [6, 6.07) is 13.4. The van der Waals surface area contributed by atoms with Gasteiger partial charge in [0.25, 0.3) is 0 Å². The van der Waals surface area contributed by atoms with Crippen LogP contribution in [0.1, 0.15) is 12.0 Å². The van der Waals surface area contributed by atoms with E-state index in [2.05, 4.69) is 6.07 Å². The molecule has 3 nitrogen and oxygen atoms in total. The van der Waals surface area contributed by atoms with Crippen molar-refractivity contribution in [1.82, 2.24) is 0 Å². The van der Waals surface area contributed by atoms with Crippen molar-refractivity contribution in [2.45, 2.75) is 16.2 Å². The van der Waals surface area contributed by atoms with Gasteiger partial charge in [0, 0.05) is 16.2 Å². The molecule has 0 aromatic heterocycles. The van der Waals surface area contributed by atoms with Gasteiger partial charge in [0.05, 0.1) is 23.8 Å². The average Bonchev–Trinajstić information content (AvgIpc) is 2.72. The Morgan fingerprint density at radius 2 is 1.71 bits per heavy atom. The molecule has 1 aliphatic heterocycles. The van der Waals surface area contributed by atoms with Gasteiger partial charge in [-0.1, -0.05) is 23.4 Å². The largest absolute Gasteiger partial charge is 0.490 e. The van der Waals surface area contributed by atoms with Crippen LogP contribution in [0.4, 0.5) is 0 Å². The van der Waals surface area contributed by atoms with E-state index in [9.17, 15) is 0 Å². The number of benzene rings is 2. The molecule has 0 saturated heterocycles. The predicted molar refractivity (Wildman–Crippen MR) is 82.3 cm³/mol. The molecule has 1 heterocycles. The summed E-state index contributed by atoms with van der Waals surface area (Å²) in [5, 5.41) is 9.36. The van der Waals surface area contributed by atoms with Crippen molar-refractivity contribution in [1.29, 1.82) is 5.26 Å². The molecule has 3 rings (SSSR count). The molecule has 5 heteroatoms. The Balaban J connectivity index is 1.83. The molecule has 21 heavy (non-hydrogen) atoms. The van der Waals surface area contributed by atoms with Crippen LogP contribution in [0, 0.1) is 11.3 Å². The highest BCUT2D eigenvalue weighted by molar-refractivity contribution is 7.99. The van der Waals surface area contributed by atoms with Gasteiger partial charge in [0.2, 0.25) is 0 Å². The molecule has 0 N–H and O–H groups in total. The molecule has 0 saturated carbocycles. The first-order valence-corrected chi connectivity index (χ1v) is 7.73. The number of ether oxygens (including phenoxy) is 2. The van der Waals surface area contributed by atoms with Crippen molar-refractivity contribution in [2.75, 3.05) is 13.2 Å². The minimum atomic E-state index is 0.469. The van der Waals surface area contributed by atoms with Gasteiger partial charge in [0.1, 0.15) is 6.07 Å². The second-order valence-corrected chi connectivity index (χ2v) is 6.07. The lowest BCUT2D eigenvalue weighted by Crippen LogP contribution is -1.97. The lowest BCUT2D eigenvalue weighted by molar-refractivity contribution is 0.297. The summed E-state index contributed by atoms with van der Waals surface area (Å²) in [6.07, 6.45) is 0.891. The first-order chi connectivity index (χ1) is 10.3. The van der Waals surface area contributed by atoms with Crippen LogP contribution in [0.5, 0.6) is 11.5 Å². The van der Waals surface area contributed by atoms with E-state index in [1.165, 1.54) is 0 Å². The highest BCUT2D eigenvalue weighted by Gasteiger charge is 2.11. The zero-order valence-electron chi connectivity index (χ0n) is 11.1. The summed E-state index contributed by atoms with van der Waals surface area (Å²) < 4.78 is 11.3. The van der Waals surface area contributed by atoms with Crippen LogP contribution in [0.2, 0.25) is 5.02 Å². The van der Waals surface area contributed by atoms with Crippen molar-refractivity contribution in [3.8, 4) is 17.6 Å².